The predicted octanol–water partition coefficient (Wildman–Crippen LogP) is 4.50. The van der Waals surface area contributed by atoms with Gasteiger partial charge in [0.2, 0.25) is 17.7 Å². The number of nitrogens with one attached hydrogen (secondary N) is 1. The van der Waals surface area contributed by atoms with Gasteiger partial charge in [-0.2, -0.15) is 0 Å². The van der Waals surface area contributed by atoms with Gasteiger partial charge in [0.1, 0.15) is 0 Å². The smallest absolute Gasteiger partial charge is 0.247 e. The van der Waals surface area contributed by atoms with E-state index in [0.29, 0.717) is 16.4 Å². The molecule has 5 nitrogen and oxygen atoms in total. The number of anilines is 2. The lowest BCUT2D eigenvalue weighted by atomic mass is 10.1. The van der Waals surface area contributed by atoms with Crippen molar-refractivity contribution in [3.8, 4) is 0 Å². The first-order valence-electron chi connectivity index (χ1n) is 9.04. The fraction of sp³-hybridized carbons (Fsp3) is 0.136. The van der Waals surface area contributed by atoms with Crippen molar-refractivity contribution in [1.82, 2.24) is 0 Å². The molecule has 0 aliphatic carbocycles. The van der Waals surface area contributed by atoms with Crippen molar-refractivity contribution in [2.45, 2.75) is 11.7 Å². The lowest BCUT2D eigenvalue weighted by molar-refractivity contribution is -0.121. The van der Waals surface area contributed by atoms with Crippen LogP contribution in [-0.4, -0.2) is 28.7 Å². The third-order valence-corrected chi connectivity index (χ3v) is 6.09. The molecule has 0 aromatic heterocycles. The highest BCUT2D eigenvalue weighted by Gasteiger charge is 2.40. The summed E-state index contributed by atoms with van der Waals surface area (Å²) in [6, 6.07) is 20.1. The molecule has 1 aliphatic heterocycles. The van der Waals surface area contributed by atoms with E-state index in [1.54, 1.807) is 24.3 Å². The van der Waals surface area contributed by atoms with Crippen LogP contribution in [0.4, 0.5) is 11.4 Å². The number of rotatable bonds is 5. The van der Waals surface area contributed by atoms with E-state index in [-0.39, 0.29) is 29.9 Å². The van der Waals surface area contributed by atoms with E-state index >= 15 is 0 Å². The Labute approximate surface area is 177 Å². The Hall–Kier alpha value is -2.83. The maximum Gasteiger partial charge on any atom is 0.247 e. The number of halogens is 1. The van der Waals surface area contributed by atoms with Gasteiger partial charge in [-0.25, -0.2) is 4.90 Å². The van der Waals surface area contributed by atoms with Crippen LogP contribution >= 0.6 is 23.4 Å². The molecule has 0 radical (unpaired) electrons. The normalized spacial score (nSPS) is 16.4. The van der Waals surface area contributed by atoms with Gasteiger partial charge in [-0.3, -0.25) is 14.4 Å². The number of thioether (sulfide) groups is 1. The highest BCUT2D eigenvalue weighted by atomic mass is 35.5. The van der Waals surface area contributed by atoms with Crippen LogP contribution < -0.4 is 10.2 Å². The highest BCUT2D eigenvalue weighted by molar-refractivity contribution is 8.01. The van der Waals surface area contributed by atoms with Crippen molar-refractivity contribution in [1.29, 1.82) is 0 Å². The van der Waals surface area contributed by atoms with E-state index in [1.165, 1.54) is 11.8 Å². The molecule has 4 rings (SSSR count). The van der Waals surface area contributed by atoms with Gasteiger partial charge in [0.15, 0.2) is 0 Å². The first-order chi connectivity index (χ1) is 14.0. The molecule has 0 bridgehead atoms. The number of amides is 3. The van der Waals surface area contributed by atoms with E-state index in [0.717, 1.165) is 15.7 Å². The number of benzene rings is 3. The van der Waals surface area contributed by atoms with E-state index in [9.17, 15) is 14.4 Å². The molecule has 1 fully saturated rings. The third kappa shape index (κ3) is 4.28. The van der Waals surface area contributed by atoms with Crippen LogP contribution in [0.1, 0.15) is 6.42 Å². The number of fused-ring (bicyclic) bond motifs is 1. The number of carbonyl (C=O) groups excluding carboxylic acids is 3. The molecule has 3 aromatic carbocycles. The summed E-state index contributed by atoms with van der Waals surface area (Å²) in [7, 11) is 0. The summed E-state index contributed by atoms with van der Waals surface area (Å²) in [5.74, 6) is -0.702. The van der Waals surface area contributed by atoms with Gasteiger partial charge in [0.05, 0.1) is 16.7 Å². The summed E-state index contributed by atoms with van der Waals surface area (Å²) in [6.45, 7) is 0. The number of hydrogen-bond acceptors (Lipinski definition) is 4. The Bertz CT molecular complexity index is 1100. The van der Waals surface area contributed by atoms with Gasteiger partial charge in [-0.15, -0.1) is 11.8 Å². The van der Waals surface area contributed by atoms with Crippen molar-refractivity contribution in [3.05, 3.63) is 71.8 Å². The highest BCUT2D eigenvalue weighted by Crippen LogP contribution is 2.30. The molecule has 0 saturated carbocycles. The van der Waals surface area contributed by atoms with Crippen LogP contribution in [-0.2, 0) is 14.4 Å². The summed E-state index contributed by atoms with van der Waals surface area (Å²) >= 11 is 7.04. The molecule has 3 amide bonds. The van der Waals surface area contributed by atoms with E-state index in [1.807, 2.05) is 42.5 Å². The van der Waals surface area contributed by atoms with Crippen LogP contribution in [0.5, 0.6) is 0 Å². The molecular weight excluding hydrogens is 408 g/mol. The van der Waals surface area contributed by atoms with Crippen molar-refractivity contribution < 1.29 is 14.4 Å². The Morgan fingerprint density at radius 1 is 1.03 bits per heavy atom. The van der Waals surface area contributed by atoms with Crippen molar-refractivity contribution >= 4 is 63.2 Å². The molecule has 29 heavy (non-hydrogen) atoms. The Balaban J connectivity index is 1.37. The standard InChI is InChI=1S/C22H17ClN2O3S/c23-16-6-9-18(10-7-16)25-21(27)12-19(22(25)28)29-13-20(26)24-17-8-5-14-3-1-2-4-15(14)11-17/h1-11,19H,12-13H2,(H,24,26). The summed E-state index contributed by atoms with van der Waals surface area (Å²) in [6.07, 6.45) is 0.0788. The van der Waals surface area contributed by atoms with Crippen LogP contribution in [0.25, 0.3) is 10.8 Å². The lowest BCUT2D eigenvalue weighted by Crippen LogP contribution is -2.31. The second-order valence-electron chi connectivity index (χ2n) is 6.66. The second-order valence-corrected chi connectivity index (χ2v) is 8.29. The Morgan fingerprint density at radius 3 is 2.52 bits per heavy atom. The Morgan fingerprint density at radius 2 is 1.76 bits per heavy atom. The first kappa shape index (κ1) is 19.5. The summed E-state index contributed by atoms with van der Waals surface area (Å²) in [5, 5.41) is 4.94. The average Bonchev–Trinajstić information content (AvgIpc) is 3.00. The molecule has 1 N–H and O–H groups in total. The van der Waals surface area contributed by atoms with Gasteiger partial charge >= 0.3 is 0 Å². The fourth-order valence-corrected chi connectivity index (χ4v) is 4.30. The van der Waals surface area contributed by atoms with Crippen LogP contribution in [0, 0.1) is 0 Å². The second kappa shape index (κ2) is 8.27. The van der Waals surface area contributed by atoms with Crippen molar-refractivity contribution in [3.63, 3.8) is 0 Å². The SMILES string of the molecule is O=C(CSC1CC(=O)N(c2ccc(Cl)cc2)C1=O)Nc1ccc2ccccc2c1. The molecule has 1 saturated heterocycles. The third-order valence-electron chi connectivity index (χ3n) is 4.64. The lowest BCUT2D eigenvalue weighted by Gasteiger charge is -2.15. The van der Waals surface area contributed by atoms with Gasteiger partial charge in [-0.05, 0) is 47.2 Å². The molecule has 1 unspecified atom stereocenters. The largest absolute Gasteiger partial charge is 0.325 e. The van der Waals surface area contributed by atoms with Crippen LogP contribution in [0.2, 0.25) is 5.02 Å². The van der Waals surface area contributed by atoms with E-state index < -0.39 is 5.25 Å². The molecule has 3 aromatic rings. The molecular formula is C22H17ClN2O3S. The zero-order valence-electron chi connectivity index (χ0n) is 15.3. The molecule has 146 valence electrons. The quantitative estimate of drug-likeness (QED) is 0.612. The molecule has 7 heteroatoms. The van der Waals surface area contributed by atoms with Gasteiger partial charge in [0, 0.05) is 17.1 Å². The number of carbonyl (C=O) groups is 3. The van der Waals surface area contributed by atoms with E-state index in [2.05, 4.69) is 5.32 Å². The van der Waals surface area contributed by atoms with Crippen molar-refractivity contribution in [2.75, 3.05) is 16.0 Å². The predicted molar refractivity (Wildman–Crippen MR) is 117 cm³/mol. The fourth-order valence-electron chi connectivity index (χ4n) is 3.24. The Kier molecular flexibility index (Phi) is 5.56. The van der Waals surface area contributed by atoms with E-state index in [4.69, 9.17) is 11.6 Å². The summed E-state index contributed by atoms with van der Waals surface area (Å²) < 4.78 is 0. The minimum absolute atomic E-state index is 0.0788. The maximum absolute atomic E-state index is 12.6. The first-order valence-corrected chi connectivity index (χ1v) is 10.5. The van der Waals surface area contributed by atoms with Gasteiger partial charge in [0.25, 0.3) is 0 Å². The number of hydrogen-bond donors (Lipinski definition) is 1. The number of nitrogens with zero attached hydrogens (tertiary/aromatic N) is 1. The maximum atomic E-state index is 12.6. The topological polar surface area (TPSA) is 66.5 Å². The average molecular weight is 425 g/mol. The molecule has 1 heterocycles. The number of imide groups is 1. The van der Waals surface area contributed by atoms with Crippen molar-refractivity contribution in [2.24, 2.45) is 0 Å². The monoisotopic (exact) mass is 424 g/mol. The molecule has 1 aliphatic rings. The minimum atomic E-state index is -0.569. The molecule has 0 spiro atoms. The van der Waals surface area contributed by atoms with Gasteiger partial charge in [-0.1, -0.05) is 41.9 Å². The minimum Gasteiger partial charge on any atom is -0.325 e. The van der Waals surface area contributed by atoms with Gasteiger partial charge < -0.3 is 5.32 Å². The molecule has 1 atom stereocenters. The summed E-state index contributed by atoms with van der Waals surface area (Å²) in [4.78, 5) is 38.4. The zero-order valence-corrected chi connectivity index (χ0v) is 16.9. The van der Waals surface area contributed by atoms with Crippen LogP contribution in [0.3, 0.4) is 0 Å². The zero-order chi connectivity index (χ0) is 20.4. The summed E-state index contributed by atoms with van der Waals surface area (Å²) in [5.41, 5.74) is 1.19. The van der Waals surface area contributed by atoms with Crippen LogP contribution in [0.15, 0.2) is 66.7 Å².